The molecule has 3 aromatic rings. The maximum Gasteiger partial charge on any atom is 0.272 e. The smallest absolute Gasteiger partial charge is 0.272 e. The minimum atomic E-state index is -0.415. The molecule has 0 saturated heterocycles. The molecule has 0 spiro atoms. The molecule has 1 aliphatic rings. The van der Waals surface area contributed by atoms with Gasteiger partial charge in [-0.1, -0.05) is 12.1 Å². The SMILES string of the molecule is CC(NC(=O)c1cc(NC(=O)C2CC2)n(C)n1)c1nc2ccccc2o1. The van der Waals surface area contributed by atoms with E-state index < -0.39 is 6.04 Å². The van der Waals surface area contributed by atoms with Gasteiger partial charge in [-0.2, -0.15) is 5.10 Å². The molecule has 8 heteroatoms. The fourth-order valence-corrected chi connectivity index (χ4v) is 2.68. The third-order valence-electron chi connectivity index (χ3n) is 4.34. The van der Waals surface area contributed by atoms with Crippen LogP contribution in [0.15, 0.2) is 34.7 Å². The van der Waals surface area contributed by atoms with Crippen LogP contribution in [-0.4, -0.2) is 26.6 Å². The molecule has 1 aromatic carbocycles. The highest BCUT2D eigenvalue weighted by molar-refractivity contribution is 5.96. The molecule has 0 aliphatic heterocycles. The fraction of sp³-hybridized carbons (Fsp3) is 0.333. The second-order valence-electron chi connectivity index (χ2n) is 6.52. The maximum absolute atomic E-state index is 12.5. The van der Waals surface area contributed by atoms with Crippen molar-refractivity contribution in [2.75, 3.05) is 5.32 Å². The van der Waals surface area contributed by atoms with Gasteiger partial charge in [0.1, 0.15) is 17.4 Å². The van der Waals surface area contributed by atoms with E-state index in [1.54, 1.807) is 20.0 Å². The molecule has 1 aliphatic carbocycles. The Morgan fingerprint density at radius 3 is 2.81 bits per heavy atom. The van der Waals surface area contributed by atoms with E-state index in [-0.39, 0.29) is 23.4 Å². The molecule has 2 amide bonds. The summed E-state index contributed by atoms with van der Waals surface area (Å²) in [6.07, 6.45) is 1.83. The Balaban J connectivity index is 1.46. The predicted molar refractivity (Wildman–Crippen MR) is 94.5 cm³/mol. The van der Waals surface area contributed by atoms with Crippen molar-refractivity contribution in [3.63, 3.8) is 0 Å². The Hall–Kier alpha value is -3.16. The summed E-state index contributed by atoms with van der Waals surface area (Å²) in [5.41, 5.74) is 1.64. The molecular formula is C18H19N5O3. The Kier molecular flexibility index (Phi) is 3.95. The second-order valence-corrected chi connectivity index (χ2v) is 6.52. The molecule has 2 N–H and O–H groups in total. The lowest BCUT2D eigenvalue weighted by Gasteiger charge is -2.08. The number of nitrogens with one attached hydrogen (secondary N) is 2. The first-order valence-electron chi connectivity index (χ1n) is 8.52. The van der Waals surface area contributed by atoms with Crippen LogP contribution in [0.3, 0.4) is 0 Å². The van der Waals surface area contributed by atoms with Crippen molar-refractivity contribution < 1.29 is 14.0 Å². The number of para-hydroxylation sites is 2. The Morgan fingerprint density at radius 1 is 1.31 bits per heavy atom. The van der Waals surface area contributed by atoms with Crippen LogP contribution in [0.2, 0.25) is 0 Å². The summed E-state index contributed by atoms with van der Waals surface area (Å²) >= 11 is 0. The largest absolute Gasteiger partial charge is 0.438 e. The molecule has 2 heterocycles. The highest BCUT2D eigenvalue weighted by atomic mass is 16.3. The van der Waals surface area contributed by atoms with E-state index in [1.165, 1.54) is 4.68 Å². The maximum atomic E-state index is 12.5. The number of nitrogens with zero attached hydrogens (tertiary/aromatic N) is 3. The minimum absolute atomic E-state index is 0.0280. The van der Waals surface area contributed by atoms with Crippen LogP contribution in [0.1, 0.15) is 42.2 Å². The van der Waals surface area contributed by atoms with E-state index >= 15 is 0 Å². The number of amides is 2. The summed E-state index contributed by atoms with van der Waals surface area (Å²) in [4.78, 5) is 28.7. The van der Waals surface area contributed by atoms with Crippen molar-refractivity contribution >= 4 is 28.7 Å². The number of carbonyl (C=O) groups is 2. The van der Waals surface area contributed by atoms with Gasteiger partial charge in [-0.3, -0.25) is 14.3 Å². The number of hydrogen-bond donors (Lipinski definition) is 2. The molecule has 1 saturated carbocycles. The van der Waals surface area contributed by atoms with Gasteiger partial charge in [-0.25, -0.2) is 4.98 Å². The number of aryl methyl sites for hydroxylation is 1. The lowest BCUT2D eigenvalue weighted by molar-refractivity contribution is -0.117. The van der Waals surface area contributed by atoms with Crippen LogP contribution in [0.25, 0.3) is 11.1 Å². The van der Waals surface area contributed by atoms with Crippen molar-refractivity contribution in [1.29, 1.82) is 0 Å². The van der Waals surface area contributed by atoms with Crippen LogP contribution < -0.4 is 10.6 Å². The van der Waals surface area contributed by atoms with E-state index in [0.29, 0.717) is 17.3 Å². The molecule has 0 bridgehead atoms. The summed E-state index contributed by atoms with van der Waals surface area (Å²) in [5.74, 6) is 0.628. The number of hydrogen-bond acceptors (Lipinski definition) is 5. The summed E-state index contributed by atoms with van der Waals surface area (Å²) < 4.78 is 7.16. The van der Waals surface area contributed by atoms with E-state index in [1.807, 2.05) is 24.3 Å². The van der Waals surface area contributed by atoms with E-state index in [4.69, 9.17) is 4.42 Å². The van der Waals surface area contributed by atoms with Crippen molar-refractivity contribution in [2.45, 2.75) is 25.8 Å². The number of fused-ring (bicyclic) bond motifs is 1. The molecule has 1 unspecified atom stereocenters. The second kappa shape index (κ2) is 6.29. The topological polar surface area (TPSA) is 102 Å². The van der Waals surface area contributed by atoms with Gasteiger partial charge in [0.15, 0.2) is 11.3 Å². The number of benzene rings is 1. The van der Waals surface area contributed by atoms with Crippen LogP contribution in [0.4, 0.5) is 5.82 Å². The van der Waals surface area contributed by atoms with Crippen molar-refractivity contribution in [3.05, 3.63) is 41.9 Å². The van der Waals surface area contributed by atoms with Gasteiger partial charge >= 0.3 is 0 Å². The monoisotopic (exact) mass is 353 g/mol. The van der Waals surface area contributed by atoms with Crippen LogP contribution in [0.5, 0.6) is 0 Å². The third kappa shape index (κ3) is 3.17. The van der Waals surface area contributed by atoms with Gasteiger partial charge in [-0.15, -0.1) is 0 Å². The molecule has 1 atom stereocenters. The summed E-state index contributed by atoms with van der Waals surface area (Å²) in [7, 11) is 1.68. The first-order chi connectivity index (χ1) is 12.5. The summed E-state index contributed by atoms with van der Waals surface area (Å²) in [5, 5.41) is 9.79. The summed E-state index contributed by atoms with van der Waals surface area (Å²) in [6.45, 7) is 1.79. The average molecular weight is 353 g/mol. The van der Waals surface area contributed by atoms with Crippen molar-refractivity contribution in [3.8, 4) is 0 Å². The van der Waals surface area contributed by atoms with Crippen LogP contribution >= 0.6 is 0 Å². The highest BCUT2D eigenvalue weighted by Gasteiger charge is 2.30. The van der Waals surface area contributed by atoms with Crippen LogP contribution in [0, 0.1) is 5.92 Å². The van der Waals surface area contributed by atoms with E-state index in [9.17, 15) is 9.59 Å². The normalized spacial score (nSPS) is 15.0. The van der Waals surface area contributed by atoms with Crippen LogP contribution in [-0.2, 0) is 11.8 Å². The van der Waals surface area contributed by atoms with Gasteiger partial charge in [0.25, 0.3) is 5.91 Å². The zero-order chi connectivity index (χ0) is 18.3. The lowest BCUT2D eigenvalue weighted by atomic mass is 10.3. The Bertz CT molecular complexity index is 953. The number of rotatable bonds is 5. The first-order valence-corrected chi connectivity index (χ1v) is 8.52. The summed E-state index contributed by atoms with van der Waals surface area (Å²) in [6, 6.07) is 8.57. The van der Waals surface area contributed by atoms with Gasteiger partial charge in [0, 0.05) is 19.0 Å². The van der Waals surface area contributed by atoms with E-state index in [0.717, 1.165) is 18.4 Å². The molecule has 26 heavy (non-hydrogen) atoms. The number of oxazole rings is 1. The zero-order valence-electron chi connectivity index (χ0n) is 14.5. The molecule has 2 aromatic heterocycles. The number of carbonyl (C=O) groups excluding carboxylic acids is 2. The van der Waals surface area contributed by atoms with Gasteiger partial charge in [0.05, 0.1) is 0 Å². The number of anilines is 1. The first kappa shape index (κ1) is 16.3. The molecule has 1 fully saturated rings. The third-order valence-corrected chi connectivity index (χ3v) is 4.34. The van der Waals surface area contributed by atoms with Gasteiger partial charge < -0.3 is 15.1 Å². The quantitative estimate of drug-likeness (QED) is 0.733. The molecule has 134 valence electrons. The van der Waals surface area contributed by atoms with Gasteiger partial charge in [0.2, 0.25) is 11.8 Å². The fourth-order valence-electron chi connectivity index (χ4n) is 2.68. The minimum Gasteiger partial charge on any atom is -0.438 e. The average Bonchev–Trinajstić information content (AvgIpc) is 3.28. The molecular weight excluding hydrogens is 334 g/mol. The van der Waals surface area contributed by atoms with E-state index in [2.05, 4.69) is 20.7 Å². The zero-order valence-corrected chi connectivity index (χ0v) is 14.5. The van der Waals surface area contributed by atoms with Crippen molar-refractivity contribution in [2.24, 2.45) is 13.0 Å². The lowest BCUT2D eigenvalue weighted by Crippen LogP contribution is -2.27. The number of aromatic nitrogens is 3. The predicted octanol–water partition coefficient (Wildman–Crippen LogP) is 2.40. The standard InChI is InChI=1S/C18H19N5O3/c1-10(18-20-12-5-3-4-6-14(12)26-18)19-17(25)13-9-15(23(2)22-13)21-16(24)11-7-8-11/h3-6,9-11H,7-8H2,1-2H3,(H,19,25)(H,21,24). The molecule has 4 rings (SSSR count). The Labute approximate surface area is 149 Å². The molecule has 8 nitrogen and oxygen atoms in total. The van der Waals surface area contributed by atoms with Crippen molar-refractivity contribution in [1.82, 2.24) is 20.1 Å². The van der Waals surface area contributed by atoms with Gasteiger partial charge in [-0.05, 0) is 31.9 Å². The highest BCUT2D eigenvalue weighted by Crippen LogP contribution is 2.30. The molecule has 0 radical (unpaired) electrons. The Morgan fingerprint density at radius 2 is 2.08 bits per heavy atom.